The van der Waals surface area contributed by atoms with Gasteiger partial charge in [0.05, 0.1) is 32.1 Å². The van der Waals surface area contributed by atoms with E-state index in [0.29, 0.717) is 19.6 Å². The highest BCUT2D eigenvalue weighted by Gasteiger charge is 2.53. The molecule has 31 heavy (non-hydrogen) atoms. The molecule has 2 heterocycles. The summed E-state index contributed by atoms with van der Waals surface area (Å²) in [5, 5.41) is 12.8. The van der Waals surface area contributed by atoms with Gasteiger partial charge >= 0.3 is 16.3 Å². The highest BCUT2D eigenvalue weighted by molar-refractivity contribution is 7.86. The molecule has 2 aromatic rings. The topological polar surface area (TPSA) is 126 Å². The molecule has 0 bridgehead atoms. The summed E-state index contributed by atoms with van der Waals surface area (Å²) in [4.78, 5) is 13.2. The average molecular weight is 480 g/mol. The predicted octanol–water partition coefficient (Wildman–Crippen LogP) is 2.19. The first-order valence-electron chi connectivity index (χ1n) is 8.67. The molecular formula is C16H19F3N6O4S2. The van der Waals surface area contributed by atoms with Crippen molar-refractivity contribution in [2.45, 2.75) is 11.7 Å². The fraction of sp³-hybridized carbons (Fsp3) is 0.375. The third kappa shape index (κ3) is 3.83. The summed E-state index contributed by atoms with van der Waals surface area (Å²) in [5.41, 5.74) is -2.74. The zero-order valence-corrected chi connectivity index (χ0v) is 18.3. The number of benzene rings is 1. The first-order chi connectivity index (χ1) is 14.3. The molecule has 1 atom stereocenters. The van der Waals surface area contributed by atoms with Crippen LogP contribution in [0.25, 0.3) is 10.1 Å². The van der Waals surface area contributed by atoms with Crippen molar-refractivity contribution in [1.82, 2.24) is 5.01 Å². The number of anilines is 4. The van der Waals surface area contributed by atoms with Crippen LogP contribution in [-0.4, -0.2) is 63.7 Å². The van der Waals surface area contributed by atoms with E-state index >= 15 is 0 Å². The van der Waals surface area contributed by atoms with Crippen LogP contribution < -0.4 is 26.3 Å². The SMILES string of the molecule is CNc1cc(=O)c2c(NC)c(N3C(C(F)(F)F)=NN(C)C3S(=O)(=O)O)cc(NC)c2s1. The molecule has 4 N–H and O–H groups in total. The molecule has 1 aliphatic rings. The lowest BCUT2D eigenvalue weighted by Crippen LogP contribution is -2.50. The van der Waals surface area contributed by atoms with E-state index in [1.807, 2.05) is 0 Å². The number of nitrogens with one attached hydrogen (secondary N) is 3. The summed E-state index contributed by atoms with van der Waals surface area (Å²) in [7, 11) is 0.449. The van der Waals surface area contributed by atoms with Crippen molar-refractivity contribution < 1.29 is 26.1 Å². The minimum absolute atomic E-state index is 0.0428. The van der Waals surface area contributed by atoms with Crippen molar-refractivity contribution in [2.75, 3.05) is 49.0 Å². The molecule has 0 aliphatic carbocycles. The number of rotatable bonds is 5. The van der Waals surface area contributed by atoms with Crippen molar-refractivity contribution in [2.24, 2.45) is 5.10 Å². The maximum Gasteiger partial charge on any atom is 0.451 e. The van der Waals surface area contributed by atoms with Crippen molar-refractivity contribution in [1.29, 1.82) is 0 Å². The van der Waals surface area contributed by atoms with Crippen LogP contribution >= 0.6 is 11.3 Å². The van der Waals surface area contributed by atoms with Gasteiger partial charge < -0.3 is 16.0 Å². The number of amidine groups is 1. The largest absolute Gasteiger partial charge is 0.451 e. The summed E-state index contributed by atoms with van der Waals surface area (Å²) in [6.07, 6.45) is -5.05. The molecule has 0 radical (unpaired) electrons. The number of alkyl halides is 3. The van der Waals surface area contributed by atoms with Crippen LogP contribution in [0.5, 0.6) is 0 Å². The van der Waals surface area contributed by atoms with Crippen LogP contribution in [0.2, 0.25) is 0 Å². The van der Waals surface area contributed by atoms with Gasteiger partial charge in [-0.05, 0) is 6.07 Å². The van der Waals surface area contributed by atoms with E-state index in [1.54, 1.807) is 7.05 Å². The van der Waals surface area contributed by atoms with Crippen LogP contribution in [0.4, 0.5) is 35.2 Å². The van der Waals surface area contributed by atoms with Crippen LogP contribution in [0.15, 0.2) is 22.0 Å². The second-order valence-electron chi connectivity index (χ2n) is 6.45. The van der Waals surface area contributed by atoms with Crippen molar-refractivity contribution in [3.63, 3.8) is 0 Å². The third-order valence-corrected chi connectivity index (χ3v) is 6.76. The Labute approximate surface area is 179 Å². The van der Waals surface area contributed by atoms with Crippen LogP contribution in [0.1, 0.15) is 0 Å². The van der Waals surface area contributed by atoms with Gasteiger partial charge in [-0.15, -0.1) is 11.3 Å². The van der Waals surface area contributed by atoms with Gasteiger partial charge in [0.2, 0.25) is 5.84 Å². The Morgan fingerprint density at radius 3 is 2.29 bits per heavy atom. The van der Waals surface area contributed by atoms with Crippen LogP contribution in [-0.2, 0) is 10.1 Å². The zero-order chi connectivity index (χ0) is 23.3. The second kappa shape index (κ2) is 7.72. The van der Waals surface area contributed by atoms with Gasteiger partial charge in [-0.2, -0.15) is 26.7 Å². The van der Waals surface area contributed by atoms with Gasteiger partial charge in [-0.1, -0.05) is 0 Å². The standard InChI is InChI=1S/C16H19F3N6O4S2/c1-20-7-5-8(12(22-3)11-9(26)6-10(21-2)30-13(7)11)25-14(16(17,18)19)23-24(4)15(25)31(27,28)29/h5-6,15,20-22H,1-4H3,(H,27,28,29). The number of halogens is 3. The van der Waals surface area contributed by atoms with Crippen LogP contribution in [0.3, 0.4) is 0 Å². The van der Waals surface area contributed by atoms with Gasteiger partial charge in [-0.3, -0.25) is 19.3 Å². The minimum Gasteiger partial charge on any atom is -0.387 e. The molecule has 1 aromatic carbocycles. The van der Waals surface area contributed by atoms with Gasteiger partial charge in [-0.25, -0.2) is 0 Å². The Morgan fingerprint density at radius 2 is 1.81 bits per heavy atom. The Hall–Kier alpha value is -2.78. The number of hydrogen-bond donors (Lipinski definition) is 4. The summed E-state index contributed by atoms with van der Waals surface area (Å²) in [6.45, 7) is 0. The van der Waals surface area contributed by atoms with E-state index < -0.39 is 33.1 Å². The highest BCUT2D eigenvalue weighted by Crippen LogP contribution is 2.44. The molecule has 1 aliphatic heterocycles. The lowest BCUT2D eigenvalue weighted by atomic mass is 10.1. The quantitative estimate of drug-likeness (QED) is 0.477. The van der Waals surface area contributed by atoms with Crippen molar-refractivity contribution in [3.8, 4) is 0 Å². The molecule has 0 spiro atoms. The van der Waals surface area contributed by atoms with E-state index in [-0.39, 0.29) is 22.4 Å². The average Bonchev–Trinajstić information content (AvgIpc) is 3.04. The maximum atomic E-state index is 13.8. The van der Waals surface area contributed by atoms with Gasteiger partial charge in [0, 0.05) is 34.3 Å². The molecule has 1 unspecified atom stereocenters. The molecule has 15 heteroatoms. The molecule has 170 valence electrons. The molecule has 0 amide bonds. The summed E-state index contributed by atoms with van der Waals surface area (Å²) >= 11 is 1.18. The lowest BCUT2D eigenvalue weighted by Gasteiger charge is -2.30. The summed E-state index contributed by atoms with van der Waals surface area (Å²) in [5.74, 6) is -1.56. The fourth-order valence-corrected chi connectivity index (χ4v) is 5.32. The molecule has 0 saturated heterocycles. The molecule has 3 rings (SSSR count). The maximum absolute atomic E-state index is 13.8. The molecule has 0 fully saturated rings. The van der Waals surface area contributed by atoms with Crippen LogP contribution in [0, 0.1) is 0 Å². The number of fused-ring (bicyclic) bond motifs is 1. The number of nitrogens with zero attached hydrogens (tertiary/aromatic N) is 3. The van der Waals surface area contributed by atoms with E-state index in [1.165, 1.54) is 37.6 Å². The number of hydrazone groups is 1. The lowest BCUT2D eigenvalue weighted by molar-refractivity contribution is -0.0599. The number of hydrogen-bond acceptors (Lipinski definition) is 10. The van der Waals surface area contributed by atoms with Crippen molar-refractivity contribution in [3.05, 3.63) is 22.4 Å². The fourth-order valence-electron chi connectivity index (χ4n) is 3.35. The Morgan fingerprint density at radius 1 is 1.16 bits per heavy atom. The molecule has 10 nitrogen and oxygen atoms in total. The van der Waals surface area contributed by atoms with E-state index in [4.69, 9.17) is 0 Å². The normalized spacial score (nSPS) is 17.2. The first-order valence-corrected chi connectivity index (χ1v) is 11.0. The Balaban J connectivity index is 2.45. The minimum atomic E-state index is -5.06. The molecule has 1 aromatic heterocycles. The third-order valence-electron chi connectivity index (χ3n) is 4.55. The summed E-state index contributed by atoms with van der Waals surface area (Å²) < 4.78 is 75.4. The van der Waals surface area contributed by atoms with Gasteiger partial charge in [0.25, 0.3) is 5.50 Å². The van der Waals surface area contributed by atoms with Crippen molar-refractivity contribution >= 4 is 59.4 Å². The second-order valence-corrected chi connectivity index (χ2v) is 8.96. The Kier molecular flexibility index (Phi) is 5.70. The van der Waals surface area contributed by atoms with Gasteiger partial charge in [0.1, 0.15) is 0 Å². The first kappa shape index (κ1) is 22.9. The van der Waals surface area contributed by atoms with Gasteiger partial charge in [0.15, 0.2) is 5.43 Å². The predicted molar refractivity (Wildman–Crippen MR) is 116 cm³/mol. The van der Waals surface area contributed by atoms with E-state index in [0.717, 1.165) is 7.05 Å². The Bertz CT molecular complexity index is 1230. The van der Waals surface area contributed by atoms with E-state index in [9.17, 15) is 30.9 Å². The monoisotopic (exact) mass is 480 g/mol. The molecule has 0 saturated carbocycles. The zero-order valence-electron chi connectivity index (χ0n) is 16.7. The molecular weight excluding hydrogens is 461 g/mol. The summed E-state index contributed by atoms with van der Waals surface area (Å²) in [6, 6.07) is 2.55. The van der Waals surface area contributed by atoms with E-state index in [2.05, 4.69) is 21.1 Å². The highest BCUT2D eigenvalue weighted by atomic mass is 32.2. The smallest absolute Gasteiger partial charge is 0.387 e.